The Bertz CT molecular complexity index is 827. The Hall–Kier alpha value is -2.08. The van der Waals surface area contributed by atoms with E-state index in [1.807, 2.05) is 17.7 Å². The highest BCUT2D eigenvalue weighted by Crippen LogP contribution is 2.25. The summed E-state index contributed by atoms with van der Waals surface area (Å²) in [4.78, 5) is 12.4. The average molecular weight is 330 g/mol. The minimum atomic E-state index is 0.00335. The summed E-state index contributed by atoms with van der Waals surface area (Å²) in [6, 6.07) is 6.13. The van der Waals surface area contributed by atoms with E-state index in [0.717, 1.165) is 42.1 Å². The molecular weight excluding hydrogens is 308 g/mol. The van der Waals surface area contributed by atoms with Gasteiger partial charge in [0, 0.05) is 25.3 Å². The lowest BCUT2D eigenvalue weighted by Gasteiger charge is -2.09. The van der Waals surface area contributed by atoms with Gasteiger partial charge in [0.1, 0.15) is 5.69 Å². The van der Waals surface area contributed by atoms with Crippen LogP contribution in [-0.4, -0.2) is 26.8 Å². The molecule has 122 valence electrons. The van der Waals surface area contributed by atoms with Crippen molar-refractivity contribution in [2.75, 3.05) is 6.54 Å². The fourth-order valence-electron chi connectivity index (χ4n) is 2.93. The van der Waals surface area contributed by atoms with Crippen molar-refractivity contribution in [3.63, 3.8) is 0 Å². The first kappa shape index (κ1) is 15.8. The zero-order valence-electron chi connectivity index (χ0n) is 13.8. The van der Waals surface area contributed by atoms with Crippen molar-refractivity contribution < 1.29 is 4.79 Å². The molecule has 3 aromatic heterocycles. The fraction of sp³-hybridized carbons (Fsp3) is 0.412. The molecule has 0 unspecified atom stereocenters. The number of aryl methyl sites for hydroxylation is 4. The Morgan fingerprint density at radius 3 is 2.87 bits per heavy atom. The topological polar surface area (TPSA) is 51.9 Å². The Kier molecular flexibility index (Phi) is 4.52. The van der Waals surface area contributed by atoms with Crippen LogP contribution < -0.4 is 5.32 Å². The lowest BCUT2D eigenvalue weighted by Crippen LogP contribution is -2.27. The van der Waals surface area contributed by atoms with E-state index in [4.69, 9.17) is 0 Å². The van der Waals surface area contributed by atoms with Gasteiger partial charge in [0.2, 0.25) is 0 Å². The van der Waals surface area contributed by atoms with E-state index in [-0.39, 0.29) is 5.91 Å². The van der Waals surface area contributed by atoms with Crippen molar-refractivity contribution >= 4 is 27.5 Å². The number of fused-ring (bicyclic) bond motifs is 1. The Morgan fingerprint density at radius 1 is 1.35 bits per heavy atom. The molecule has 0 saturated heterocycles. The molecule has 1 amide bonds. The lowest BCUT2D eigenvalue weighted by molar-refractivity contribution is 0.0944. The second-order valence-corrected chi connectivity index (χ2v) is 6.65. The van der Waals surface area contributed by atoms with E-state index < -0.39 is 0 Å². The van der Waals surface area contributed by atoms with Crippen LogP contribution >= 0.6 is 11.3 Å². The Labute approximate surface area is 139 Å². The van der Waals surface area contributed by atoms with E-state index in [2.05, 4.69) is 46.3 Å². The third-order valence-corrected chi connectivity index (χ3v) is 4.86. The number of nitrogens with zero attached hydrogens (tertiary/aromatic N) is 3. The van der Waals surface area contributed by atoms with Crippen molar-refractivity contribution in [1.29, 1.82) is 0 Å². The first-order valence-electron chi connectivity index (χ1n) is 7.96. The molecule has 1 N–H and O–H groups in total. The van der Waals surface area contributed by atoms with Crippen molar-refractivity contribution in [3.05, 3.63) is 40.7 Å². The predicted molar refractivity (Wildman–Crippen MR) is 94.1 cm³/mol. The number of rotatable bonds is 6. The molecular formula is C17H22N4OS. The van der Waals surface area contributed by atoms with Gasteiger partial charge in [-0.05, 0) is 50.8 Å². The average Bonchev–Trinajstić information content (AvgIpc) is 3.17. The summed E-state index contributed by atoms with van der Waals surface area (Å²) in [5.41, 5.74) is 4.09. The molecule has 0 aliphatic carbocycles. The van der Waals surface area contributed by atoms with Crippen LogP contribution in [0.4, 0.5) is 0 Å². The molecule has 5 nitrogen and oxygen atoms in total. The van der Waals surface area contributed by atoms with Crippen LogP contribution in [0, 0.1) is 13.8 Å². The number of aromatic nitrogens is 3. The maximum Gasteiger partial charge on any atom is 0.267 e. The normalized spacial score (nSPS) is 11.3. The van der Waals surface area contributed by atoms with Crippen LogP contribution in [-0.2, 0) is 13.1 Å². The van der Waals surface area contributed by atoms with Crippen LogP contribution in [0.25, 0.3) is 10.2 Å². The largest absolute Gasteiger partial charge is 0.351 e. The monoisotopic (exact) mass is 330 g/mol. The van der Waals surface area contributed by atoms with Crippen LogP contribution in [0.3, 0.4) is 0 Å². The van der Waals surface area contributed by atoms with Crippen molar-refractivity contribution in [2.45, 2.75) is 40.3 Å². The van der Waals surface area contributed by atoms with Crippen molar-refractivity contribution in [3.8, 4) is 0 Å². The fourth-order valence-corrected chi connectivity index (χ4v) is 3.75. The van der Waals surface area contributed by atoms with Crippen LogP contribution in [0.2, 0.25) is 0 Å². The highest BCUT2D eigenvalue weighted by molar-refractivity contribution is 7.17. The van der Waals surface area contributed by atoms with Crippen molar-refractivity contribution in [2.24, 2.45) is 0 Å². The Morgan fingerprint density at radius 2 is 2.17 bits per heavy atom. The molecule has 23 heavy (non-hydrogen) atoms. The van der Waals surface area contributed by atoms with Crippen LogP contribution in [0.5, 0.6) is 0 Å². The quantitative estimate of drug-likeness (QED) is 0.705. The third kappa shape index (κ3) is 3.17. The number of amides is 1. The molecule has 0 atom stereocenters. The molecule has 0 bridgehead atoms. The first-order valence-corrected chi connectivity index (χ1v) is 8.84. The zero-order valence-corrected chi connectivity index (χ0v) is 14.6. The standard InChI is InChI=1S/C17H22N4OS/c1-4-20-14-6-9-23-16(14)11-15(20)17(22)18-7-5-8-21-13(3)10-12(2)19-21/h6,9-11H,4-5,7-8H2,1-3H3,(H,18,22). The van der Waals surface area contributed by atoms with Gasteiger partial charge in [-0.1, -0.05) is 0 Å². The van der Waals surface area contributed by atoms with Gasteiger partial charge in [-0.3, -0.25) is 9.48 Å². The SMILES string of the molecule is CCn1c(C(=O)NCCCn2nc(C)cc2C)cc2sccc21. The molecule has 6 heteroatoms. The minimum absolute atomic E-state index is 0.00335. The summed E-state index contributed by atoms with van der Waals surface area (Å²) in [5, 5.41) is 9.52. The molecule has 0 aliphatic heterocycles. The number of nitrogens with one attached hydrogen (secondary N) is 1. The zero-order chi connectivity index (χ0) is 16.4. The summed E-state index contributed by atoms with van der Waals surface area (Å²) >= 11 is 1.67. The van der Waals surface area contributed by atoms with Gasteiger partial charge in [0.05, 0.1) is 15.9 Å². The van der Waals surface area contributed by atoms with E-state index in [9.17, 15) is 4.79 Å². The predicted octanol–water partition coefficient (Wildman–Crippen LogP) is 3.36. The highest BCUT2D eigenvalue weighted by Gasteiger charge is 2.14. The number of carbonyl (C=O) groups is 1. The summed E-state index contributed by atoms with van der Waals surface area (Å²) in [6.07, 6.45) is 0.870. The summed E-state index contributed by atoms with van der Waals surface area (Å²) in [7, 11) is 0. The maximum atomic E-state index is 12.4. The lowest BCUT2D eigenvalue weighted by atomic mass is 10.3. The molecule has 0 saturated carbocycles. The summed E-state index contributed by atoms with van der Waals surface area (Å²) < 4.78 is 5.23. The van der Waals surface area contributed by atoms with E-state index in [1.54, 1.807) is 11.3 Å². The molecule has 3 heterocycles. The number of hydrogen-bond acceptors (Lipinski definition) is 3. The molecule has 0 radical (unpaired) electrons. The second kappa shape index (κ2) is 6.58. The number of hydrogen-bond donors (Lipinski definition) is 1. The molecule has 3 rings (SSSR count). The molecule has 0 fully saturated rings. The van der Waals surface area contributed by atoms with Gasteiger partial charge in [0.15, 0.2) is 0 Å². The molecule has 3 aromatic rings. The van der Waals surface area contributed by atoms with E-state index in [0.29, 0.717) is 6.54 Å². The third-order valence-electron chi connectivity index (χ3n) is 4.01. The van der Waals surface area contributed by atoms with Gasteiger partial charge in [-0.2, -0.15) is 5.10 Å². The number of carbonyl (C=O) groups excluding carboxylic acids is 1. The van der Waals surface area contributed by atoms with Gasteiger partial charge >= 0.3 is 0 Å². The minimum Gasteiger partial charge on any atom is -0.351 e. The van der Waals surface area contributed by atoms with Gasteiger partial charge in [-0.25, -0.2) is 0 Å². The maximum absolute atomic E-state index is 12.4. The van der Waals surface area contributed by atoms with Crippen LogP contribution in [0.15, 0.2) is 23.6 Å². The van der Waals surface area contributed by atoms with E-state index in [1.165, 1.54) is 4.70 Å². The Balaban J connectivity index is 1.58. The van der Waals surface area contributed by atoms with Gasteiger partial charge < -0.3 is 9.88 Å². The smallest absolute Gasteiger partial charge is 0.267 e. The summed E-state index contributed by atoms with van der Waals surface area (Å²) in [5.74, 6) is 0.00335. The van der Waals surface area contributed by atoms with Crippen LogP contribution in [0.1, 0.15) is 35.2 Å². The number of thiophene rings is 1. The molecule has 0 spiro atoms. The van der Waals surface area contributed by atoms with Gasteiger partial charge in [-0.15, -0.1) is 11.3 Å². The first-order chi connectivity index (χ1) is 11.1. The van der Waals surface area contributed by atoms with Gasteiger partial charge in [0.25, 0.3) is 5.91 Å². The van der Waals surface area contributed by atoms with Crippen molar-refractivity contribution in [1.82, 2.24) is 19.7 Å². The molecule has 0 aliphatic rings. The molecule has 0 aromatic carbocycles. The highest BCUT2D eigenvalue weighted by atomic mass is 32.1. The summed E-state index contributed by atoms with van der Waals surface area (Å²) in [6.45, 7) is 8.39. The second-order valence-electron chi connectivity index (χ2n) is 5.70. The van der Waals surface area contributed by atoms with E-state index >= 15 is 0 Å².